The van der Waals surface area contributed by atoms with Crippen LogP contribution < -0.4 is 10.1 Å². The zero-order valence-corrected chi connectivity index (χ0v) is 20.7. The van der Waals surface area contributed by atoms with Crippen LogP contribution in [0, 0.1) is 17.1 Å². The molecule has 1 aromatic heterocycles. The second-order valence-corrected chi connectivity index (χ2v) is 8.81. The Morgan fingerprint density at radius 2 is 2.00 bits per heavy atom. The van der Waals surface area contributed by atoms with Crippen LogP contribution in [0.25, 0.3) is 11.3 Å². The number of nitriles is 1. The minimum Gasteiger partial charge on any atom is -0.490 e. The lowest BCUT2D eigenvalue weighted by Gasteiger charge is -2.19. The molecule has 0 aliphatic carbocycles. The van der Waals surface area contributed by atoms with Crippen LogP contribution in [0.15, 0.2) is 42.6 Å². The molecule has 188 valence electrons. The van der Waals surface area contributed by atoms with Crippen LogP contribution in [-0.2, 0) is 13.5 Å². The summed E-state index contributed by atoms with van der Waals surface area (Å²) in [7, 11) is 1.67. The molecule has 1 heterocycles. The fraction of sp³-hybridized carbons (Fsp3) is 0.333. The first-order valence-electron chi connectivity index (χ1n) is 11.6. The van der Waals surface area contributed by atoms with Gasteiger partial charge in [0, 0.05) is 43.9 Å². The van der Waals surface area contributed by atoms with Crippen LogP contribution in [0.2, 0.25) is 0 Å². The van der Waals surface area contributed by atoms with E-state index in [-0.39, 0.29) is 53.9 Å². The lowest BCUT2D eigenvalue weighted by atomic mass is 10.0. The lowest BCUT2D eigenvalue weighted by molar-refractivity contribution is 0.0929. The number of ether oxygens (including phenoxy) is 1. The van der Waals surface area contributed by atoms with E-state index in [9.17, 15) is 24.3 Å². The Bertz CT molecular complexity index is 1310. The largest absolute Gasteiger partial charge is 0.490 e. The van der Waals surface area contributed by atoms with Gasteiger partial charge in [-0.2, -0.15) is 5.26 Å². The number of Topliss-reactive ketones (excluding diaryl/α,β-unsaturated/α-hetero) is 1. The number of carbonyl (C=O) groups is 2. The molecule has 8 nitrogen and oxygen atoms in total. The van der Waals surface area contributed by atoms with Gasteiger partial charge in [-0.15, -0.1) is 0 Å². The Kier molecular flexibility index (Phi) is 8.56. The zero-order chi connectivity index (χ0) is 26.4. The van der Waals surface area contributed by atoms with E-state index in [0.717, 1.165) is 0 Å². The molecule has 2 N–H and O–H groups in total. The number of rotatable bonds is 10. The van der Waals surface area contributed by atoms with E-state index in [0.29, 0.717) is 17.0 Å². The molecule has 0 bridgehead atoms. The molecule has 0 aliphatic heterocycles. The van der Waals surface area contributed by atoms with Crippen LogP contribution >= 0.6 is 0 Å². The van der Waals surface area contributed by atoms with Crippen molar-refractivity contribution in [2.24, 2.45) is 7.05 Å². The Morgan fingerprint density at radius 1 is 1.25 bits per heavy atom. The number of benzene rings is 2. The minimum atomic E-state index is -0.505. The molecule has 0 fully saturated rings. The molecule has 0 saturated carbocycles. The molecule has 3 aromatic rings. The monoisotopic (exact) mass is 492 g/mol. The van der Waals surface area contributed by atoms with Gasteiger partial charge in [0.25, 0.3) is 5.91 Å². The summed E-state index contributed by atoms with van der Waals surface area (Å²) in [5.41, 5.74) is 1.76. The van der Waals surface area contributed by atoms with Gasteiger partial charge in [0.2, 0.25) is 0 Å². The molecule has 0 radical (unpaired) electrons. The number of hydrogen-bond donors (Lipinski definition) is 2. The summed E-state index contributed by atoms with van der Waals surface area (Å²) >= 11 is 0. The third kappa shape index (κ3) is 6.34. The highest BCUT2D eigenvalue weighted by Crippen LogP contribution is 2.24. The fourth-order valence-corrected chi connectivity index (χ4v) is 3.87. The van der Waals surface area contributed by atoms with E-state index in [1.807, 2.05) is 19.9 Å². The highest BCUT2D eigenvalue weighted by Gasteiger charge is 2.19. The minimum absolute atomic E-state index is 0.119. The molecule has 1 amide bonds. The van der Waals surface area contributed by atoms with Gasteiger partial charge in [0.05, 0.1) is 17.4 Å². The molecule has 2 aromatic carbocycles. The van der Waals surface area contributed by atoms with Crippen molar-refractivity contribution in [3.05, 3.63) is 70.9 Å². The SMILES string of the molecule is CC(=O)c1nc(-c2ccc(C[C@H](CCO)NC(=O)c3ccc(OC(C)C)c(C#N)c3)cc2F)cn1C. The summed E-state index contributed by atoms with van der Waals surface area (Å²) in [5.74, 6) is -0.498. The van der Waals surface area contributed by atoms with Crippen molar-refractivity contribution in [3.8, 4) is 23.1 Å². The Labute approximate surface area is 209 Å². The molecule has 36 heavy (non-hydrogen) atoms. The van der Waals surface area contributed by atoms with Gasteiger partial charge in [-0.1, -0.05) is 6.07 Å². The second-order valence-electron chi connectivity index (χ2n) is 8.81. The third-order valence-electron chi connectivity index (χ3n) is 5.52. The first-order valence-corrected chi connectivity index (χ1v) is 11.6. The van der Waals surface area contributed by atoms with Gasteiger partial charge < -0.3 is 19.7 Å². The lowest BCUT2D eigenvalue weighted by Crippen LogP contribution is -2.37. The predicted octanol–water partition coefficient (Wildman–Crippen LogP) is 3.81. The van der Waals surface area contributed by atoms with Crippen molar-refractivity contribution in [3.63, 3.8) is 0 Å². The first kappa shape index (κ1) is 26.6. The van der Waals surface area contributed by atoms with E-state index in [1.54, 1.807) is 42.1 Å². The predicted molar refractivity (Wildman–Crippen MR) is 132 cm³/mol. The second kappa shape index (κ2) is 11.6. The van der Waals surface area contributed by atoms with E-state index >= 15 is 0 Å². The van der Waals surface area contributed by atoms with Crippen molar-refractivity contribution in [2.75, 3.05) is 6.61 Å². The maximum absolute atomic E-state index is 14.9. The number of aliphatic hydroxyl groups is 1. The van der Waals surface area contributed by atoms with Crippen molar-refractivity contribution in [2.45, 2.75) is 45.8 Å². The molecular weight excluding hydrogens is 463 g/mol. The van der Waals surface area contributed by atoms with E-state index in [2.05, 4.69) is 10.3 Å². The molecule has 9 heteroatoms. The average Bonchev–Trinajstić information content (AvgIpc) is 3.20. The van der Waals surface area contributed by atoms with Crippen LogP contribution in [0.4, 0.5) is 4.39 Å². The number of aryl methyl sites for hydroxylation is 1. The smallest absolute Gasteiger partial charge is 0.251 e. The standard InChI is InChI=1S/C27H29FN4O4/c1-16(2)36-25-8-6-19(13-20(25)14-29)27(35)30-21(9-10-33)11-18-5-7-22(23(28)12-18)24-15-32(4)26(31-24)17(3)34/h5-8,12-13,15-16,21,33H,9-11H2,1-4H3,(H,30,35)/t21-/m0/s1. The fourth-order valence-electron chi connectivity index (χ4n) is 3.87. The van der Waals surface area contributed by atoms with E-state index in [4.69, 9.17) is 4.74 Å². The Balaban J connectivity index is 1.76. The maximum atomic E-state index is 14.9. The highest BCUT2D eigenvalue weighted by molar-refractivity contribution is 5.95. The van der Waals surface area contributed by atoms with Gasteiger partial charge in [-0.05, 0) is 62.6 Å². The Hall–Kier alpha value is -4.03. The number of aliphatic hydroxyl groups excluding tert-OH is 1. The van der Waals surface area contributed by atoms with Crippen LogP contribution in [-0.4, -0.2) is 45.1 Å². The van der Waals surface area contributed by atoms with Gasteiger partial charge in [0.1, 0.15) is 17.6 Å². The molecular formula is C27H29FN4O4. The molecule has 0 spiro atoms. The average molecular weight is 493 g/mol. The molecule has 1 atom stereocenters. The summed E-state index contributed by atoms with van der Waals surface area (Å²) in [5, 5.41) is 21.8. The molecule has 3 rings (SSSR count). The number of carbonyl (C=O) groups excluding carboxylic acids is 2. The number of ketones is 1. The van der Waals surface area contributed by atoms with Gasteiger partial charge in [-0.3, -0.25) is 9.59 Å². The summed E-state index contributed by atoms with van der Waals surface area (Å²) in [6.45, 7) is 4.92. The summed E-state index contributed by atoms with van der Waals surface area (Å²) in [6.07, 6.45) is 2.02. The summed E-state index contributed by atoms with van der Waals surface area (Å²) in [6, 6.07) is 10.8. The zero-order valence-electron chi connectivity index (χ0n) is 20.7. The topological polar surface area (TPSA) is 117 Å². The number of halogens is 1. The number of nitrogens with zero attached hydrogens (tertiary/aromatic N) is 3. The summed E-state index contributed by atoms with van der Waals surface area (Å²) < 4.78 is 22.1. The number of nitrogens with one attached hydrogen (secondary N) is 1. The van der Waals surface area contributed by atoms with E-state index < -0.39 is 17.8 Å². The normalized spacial score (nSPS) is 11.7. The quantitative estimate of drug-likeness (QED) is 0.416. The van der Waals surface area contributed by atoms with Crippen LogP contribution in [0.3, 0.4) is 0 Å². The Morgan fingerprint density at radius 3 is 2.58 bits per heavy atom. The van der Waals surface area contributed by atoms with Crippen molar-refractivity contribution in [1.82, 2.24) is 14.9 Å². The van der Waals surface area contributed by atoms with Crippen molar-refractivity contribution >= 4 is 11.7 Å². The van der Waals surface area contributed by atoms with Crippen LogP contribution in [0.5, 0.6) is 5.75 Å². The van der Waals surface area contributed by atoms with E-state index in [1.165, 1.54) is 19.1 Å². The van der Waals surface area contributed by atoms with Crippen molar-refractivity contribution < 1.29 is 23.8 Å². The van der Waals surface area contributed by atoms with Gasteiger partial charge >= 0.3 is 0 Å². The first-order chi connectivity index (χ1) is 17.1. The van der Waals surface area contributed by atoms with Crippen molar-refractivity contribution in [1.29, 1.82) is 5.26 Å². The third-order valence-corrected chi connectivity index (χ3v) is 5.52. The number of aromatic nitrogens is 2. The summed E-state index contributed by atoms with van der Waals surface area (Å²) in [4.78, 5) is 28.7. The van der Waals surface area contributed by atoms with Gasteiger partial charge in [-0.25, -0.2) is 9.37 Å². The highest BCUT2D eigenvalue weighted by atomic mass is 19.1. The number of hydrogen-bond acceptors (Lipinski definition) is 6. The molecule has 0 unspecified atom stereocenters. The molecule has 0 saturated heterocycles. The number of imidazole rings is 1. The van der Waals surface area contributed by atoms with Gasteiger partial charge in [0.15, 0.2) is 11.6 Å². The number of amides is 1. The maximum Gasteiger partial charge on any atom is 0.251 e. The molecule has 0 aliphatic rings. The van der Waals surface area contributed by atoms with Crippen LogP contribution in [0.1, 0.15) is 59.3 Å².